The normalized spacial score (nSPS) is 15.9. The van der Waals surface area contributed by atoms with Crippen LogP contribution in [0.5, 0.6) is 0 Å². The van der Waals surface area contributed by atoms with Crippen LogP contribution in [0.15, 0.2) is 9.59 Å². The molecule has 0 aliphatic heterocycles. The van der Waals surface area contributed by atoms with E-state index in [0.29, 0.717) is 11.4 Å². The number of aromatic nitrogens is 4. The molecule has 6 nitrogen and oxygen atoms in total. The highest BCUT2D eigenvalue weighted by molar-refractivity contribution is 7.08. The molecular weight excluding hydrogens is 300 g/mol. The third-order valence-corrected chi connectivity index (χ3v) is 4.65. The maximum atomic E-state index is 12.6. The average molecular weight is 313 g/mol. The SMILES string of the molecule is Cc1nsc(-n2c(=O)[nH]c(Cl)c(C3CCCC3)c2=O)n1. The summed E-state index contributed by atoms with van der Waals surface area (Å²) in [5.74, 6) is 0.654. The van der Waals surface area contributed by atoms with Crippen LogP contribution in [0.3, 0.4) is 0 Å². The summed E-state index contributed by atoms with van der Waals surface area (Å²) < 4.78 is 5.04. The molecule has 20 heavy (non-hydrogen) atoms. The summed E-state index contributed by atoms with van der Waals surface area (Å²) in [7, 11) is 0. The zero-order chi connectivity index (χ0) is 14.3. The summed E-state index contributed by atoms with van der Waals surface area (Å²) in [6, 6.07) is 0. The zero-order valence-electron chi connectivity index (χ0n) is 10.9. The number of rotatable bonds is 2. The van der Waals surface area contributed by atoms with Crippen LogP contribution >= 0.6 is 23.1 Å². The highest BCUT2D eigenvalue weighted by Crippen LogP contribution is 2.34. The van der Waals surface area contributed by atoms with Gasteiger partial charge < -0.3 is 0 Å². The first-order valence-corrected chi connectivity index (χ1v) is 7.58. The van der Waals surface area contributed by atoms with E-state index >= 15 is 0 Å². The molecular formula is C12H13ClN4O2S. The van der Waals surface area contributed by atoms with Gasteiger partial charge in [-0.1, -0.05) is 24.4 Å². The minimum absolute atomic E-state index is 0.118. The first-order chi connectivity index (χ1) is 9.58. The summed E-state index contributed by atoms with van der Waals surface area (Å²) in [5, 5.41) is 0.439. The van der Waals surface area contributed by atoms with E-state index in [1.807, 2.05) is 0 Å². The maximum Gasteiger partial charge on any atom is 0.336 e. The number of nitrogens with one attached hydrogen (secondary N) is 1. The van der Waals surface area contributed by atoms with E-state index in [1.165, 1.54) is 0 Å². The van der Waals surface area contributed by atoms with Crippen molar-refractivity contribution in [2.24, 2.45) is 0 Å². The van der Waals surface area contributed by atoms with Crippen molar-refractivity contribution >= 4 is 23.1 Å². The summed E-state index contributed by atoms with van der Waals surface area (Å²) in [5.41, 5.74) is -0.448. The second-order valence-electron chi connectivity index (χ2n) is 4.90. The number of hydrogen-bond donors (Lipinski definition) is 1. The third kappa shape index (κ3) is 2.20. The monoisotopic (exact) mass is 312 g/mol. The van der Waals surface area contributed by atoms with Gasteiger partial charge in [0.25, 0.3) is 5.56 Å². The largest absolute Gasteiger partial charge is 0.336 e. The molecule has 0 unspecified atom stereocenters. The van der Waals surface area contributed by atoms with Crippen LogP contribution < -0.4 is 11.2 Å². The Kier molecular flexibility index (Phi) is 3.47. The van der Waals surface area contributed by atoms with Gasteiger partial charge in [-0.25, -0.2) is 14.3 Å². The van der Waals surface area contributed by atoms with E-state index in [0.717, 1.165) is 41.8 Å². The Bertz CT molecular complexity index is 758. The van der Waals surface area contributed by atoms with Crippen LogP contribution in [-0.2, 0) is 0 Å². The van der Waals surface area contributed by atoms with E-state index < -0.39 is 5.69 Å². The summed E-state index contributed by atoms with van der Waals surface area (Å²) >= 11 is 7.10. The zero-order valence-corrected chi connectivity index (χ0v) is 12.4. The van der Waals surface area contributed by atoms with Gasteiger partial charge in [0, 0.05) is 11.5 Å². The van der Waals surface area contributed by atoms with Crippen LogP contribution in [-0.4, -0.2) is 18.9 Å². The molecule has 0 saturated heterocycles. The van der Waals surface area contributed by atoms with Gasteiger partial charge in [0.2, 0.25) is 5.13 Å². The maximum absolute atomic E-state index is 12.6. The van der Waals surface area contributed by atoms with E-state index in [4.69, 9.17) is 11.6 Å². The Labute approximate surface area is 123 Å². The minimum Gasteiger partial charge on any atom is -0.297 e. The number of hydrogen-bond acceptors (Lipinski definition) is 5. The van der Waals surface area contributed by atoms with Gasteiger partial charge in [-0.3, -0.25) is 9.78 Å². The van der Waals surface area contributed by atoms with Crippen LogP contribution in [0.2, 0.25) is 5.15 Å². The van der Waals surface area contributed by atoms with E-state index in [1.54, 1.807) is 6.92 Å². The number of H-pyrrole nitrogens is 1. The Morgan fingerprint density at radius 1 is 1.35 bits per heavy atom. The minimum atomic E-state index is -0.571. The average Bonchev–Trinajstić information content (AvgIpc) is 3.01. The highest BCUT2D eigenvalue weighted by atomic mass is 35.5. The molecule has 1 aliphatic carbocycles. The van der Waals surface area contributed by atoms with E-state index in [9.17, 15) is 9.59 Å². The van der Waals surface area contributed by atoms with Crippen molar-refractivity contribution in [2.75, 3.05) is 0 Å². The van der Waals surface area contributed by atoms with Crippen LogP contribution in [0.25, 0.3) is 5.13 Å². The molecule has 1 saturated carbocycles. The Balaban J connectivity index is 2.23. The molecule has 1 aliphatic rings. The van der Waals surface area contributed by atoms with Gasteiger partial charge in [0.1, 0.15) is 11.0 Å². The van der Waals surface area contributed by atoms with Crippen molar-refractivity contribution in [1.82, 2.24) is 18.9 Å². The van der Waals surface area contributed by atoms with Crippen LogP contribution in [0.4, 0.5) is 0 Å². The first kappa shape index (κ1) is 13.5. The van der Waals surface area contributed by atoms with Gasteiger partial charge in [-0.2, -0.15) is 4.37 Å². The van der Waals surface area contributed by atoms with Crippen LogP contribution in [0.1, 0.15) is 43.0 Å². The number of aromatic amines is 1. The highest BCUT2D eigenvalue weighted by Gasteiger charge is 2.26. The van der Waals surface area contributed by atoms with E-state index in [-0.39, 0.29) is 21.8 Å². The molecule has 8 heteroatoms. The quantitative estimate of drug-likeness (QED) is 0.860. The lowest BCUT2D eigenvalue weighted by atomic mass is 10.0. The van der Waals surface area contributed by atoms with Crippen molar-refractivity contribution < 1.29 is 0 Å². The van der Waals surface area contributed by atoms with Gasteiger partial charge in [0.05, 0.1) is 5.56 Å². The Morgan fingerprint density at radius 2 is 2.05 bits per heavy atom. The van der Waals surface area contributed by atoms with Crippen LogP contribution in [0, 0.1) is 6.92 Å². The molecule has 2 aromatic heterocycles. The molecule has 2 heterocycles. The fourth-order valence-corrected chi connectivity index (χ4v) is 3.63. The van der Waals surface area contributed by atoms with E-state index in [2.05, 4.69) is 14.3 Å². The topological polar surface area (TPSA) is 80.6 Å². The van der Waals surface area contributed by atoms with Gasteiger partial charge in [0.15, 0.2) is 0 Å². The molecule has 3 rings (SSSR count). The number of nitrogens with zero attached hydrogens (tertiary/aromatic N) is 3. The molecule has 0 bridgehead atoms. The van der Waals surface area contributed by atoms with Crippen molar-refractivity contribution in [2.45, 2.75) is 38.5 Å². The standard InChI is InChI=1S/C12H13ClN4O2S/c1-6-14-12(20-16-6)17-10(18)8(7-4-2-3-5-7)9(13)15-11(17)19/h7H,2-5H2,1H3,(H,15,19). The first-order valence-electron chi connectivity index (χ1n) is 6.43. The van der Waals surface area contributed by atoms with Crippen molar-refractivity contribution in [1.29, 1.82) is 0 Å². The summed E-state index contributed by atoms with van der Waals surface area (Å²) in [4.78, 5) is 31.3. The van der Waals surface area contributed by atoms with Crippen molar-refractivity contribution in [3.8, 4) is 5.13 Å². The summed E-state index contributed by atoms with van der Waals surface area (Å²) in [6.07, 6.45) is 4.02. The smallest absolute Gasteiger partial charge is 0.297 e. The number of halogens is 1. The third-order valence-electron chi connectivity index (χ3n) is 3.56. The molecule has 0 spiro atoms. The second-order valence-corrected chi connectivity index (χ2v) is 6.01. The fourth-order valence-electron chi connectivity index (χ4n) is 2.64. The molecule has 0 radical (unpaired) electrons. The molecule has 2 aromatic rings. The van der Waals surface area contributed by atoms with Gasteiger partial charge in [-0.05, 0) is 25.7 Å². The summed E-state index contributed by atoms with van der Waals surface area (Å²) in [6.45, 7) is 1.72. The fraction of sp³-hybridized carbons (Fsp3) is 0.500. The predicted octanol–water partition coefficient (Wildman–Crippen LogP) is 2.00. The second kappa shape index (κ2) is 5.14. The van der Waals surface area contributed by atoms with Crippen molar-refractivity contribution in [3.63, 3.8) is 0 Å². The molecule has 0 aromatic carbocycles. The molecule has 0 amide bonds. The Morgan fingerprint density at radius 3 is 2.65 bits per heavy atom. The molecule has 0 atom stereocenters. The Hall–Kier alpha value is -1.47. The molecule has 106 valence electrons. The predicted molar refractivity (Wildman–Crippen MR) is 77.1 cm³/mol. The van der Waals surface area contributed by atoms with Gasteiger partial charge in [-0.15, -0.1) is 0 Å². The molecule has 1 N–H and O–H groups in total. The lowest BCUT2D eigenvalue weighted by molar-refractivity contribution is 0.688. The number of aryl methyl sites for hydroxylation is 1. The lowest BCUT2D eigenvalue weighted by Gasteiger charge is -2.11. The van der Waals surface area contributed by atoms with Crippen molar-refractivity contribution in [3.05, 3.63) is 37.4 Å². The van der Waals surface area contributed by atoms with Gasteiger partial charge >= 0.3 is 5.69 Å². The molecule has 1 fully saturated rings. The lowest BCUT2D eigenvalue weighted by Crippen LogP contribution is -2.36.